The number of nitrogens with one attached hydrogen (secondary N) is 1. The fourth-order valence-corrected chi connectivity index (χ4v) is 2.74. The molecule has 0 amide bonds. The van der Waals surface area contributed by atoms with Crippen LogP contribution in [0.5, 0.6) is 11.5 Å². The van der Waals surface area contributed by atoms with Crippen LogP contribution in [0.25, 0.3) is 0 Å². The molecule has 0 fully saturated rings. The number of ether oxygens (including phenoxy) is 2. The summed E-state index contributed by atoms with van der Waals surface area (Å²) >= 11 is 1.68. The van der Waals surface area contributed by atoms with E-state index in [9.17, 15) is 0 Å². The predicted molar refractivity (Wildman–Crippen MR) is 81.6 cm³/mol. The van der Waals surface area contributed by atoms with Crippen molar-refractivity contribution < 1.29 is 9.47 Å². The van der Waals surface area contributed by atoms with E-state index >= 15 is 0 Å². The highest BCUT2D eigenvalue weighted by atomic mass is 32.1. The number of aromatic nitrogens is 1. The number of benzene rings is 1. The topological polar surface area (TPSA) is 43.4 Å². The Labute approximate surface area is 123 Å². The summed E-state index contributed by atoms with van der Waals surface area (Å²) in [6.45, 7) is 3.53. The highest BCUT2D eigenvalue weighted by molar-refractivity contribution is 7.09. The van der Waals surface area contributed by atoms with E-state index in [1.54, 1.807) is 18.4 Å². The van der Waals surface area contributed by atoms with Gasteiger partial charge >= 0.3 is 0 Å². The number of para-hydroxylation sites is 2. The van der Waals surface area contributed by atoms with Gasteiger partial charge in [0.25, 0.3) is 0 Å². The largest absolute Gasteiger partial charge is 0.493 e. The molecule has 0 aliphatic carbocycles. The first-order valence-corrected chi connectivity index (χ1v) is 7.61. The molecule has 1 N–H and O–H groups in total. The zero-order chi connectivity index (χ0) is 14.2. The number of hydrogen-bond donors (Lipinski definition) is 1. The van der Waals surface area contributed by atoms with Gasteiger partial charge in [-0.15, -0.1) is 11.3 Å². The van der Waals surface area contributed by atoms with E-state index in [1.807, 2.05) is 35.8 Å². The van der Waals surface area contributed by atoms with Crippen LogP contribution in [0, 0.1) is 0 Å². The molecule has 20 heavy (non-hydrogen) atoms. The van der Waals surface area contributed by atoms with Crippen LogP contribution in [0.15, 0.2) is 35.8 Å². The van der Waals surface area contributed by atoms with Crippen LogP contribution in [0.4, 0.5) is 0 Å². The molecule has 1 aromatic heterocycles. The molecule has 0 spiro atoms. The Hall–Kier alpha value is -1.59. The molecule has 4 nitrogen and oxygen atoms in total. The van der Waals surface area contributed by atoms with Crippen molar-refractivity contribution in [3.8, 4) is 11.5 Å². The number of rotatable bonds is 8. The summed E-state index contributed by atoms with van der Waals surface area (Å²) in [5.74, 6) is 1.54. The van der Waals surface area contributed by atoms with Crippen LogP contribution >= 0.6 is 11.3 Å². The van der Waals surface area contributed by atoms with Gasteiger partial charge in [0.05, 0.1) is 13.2 Å². The summed E-state index contributed by atoms with van der Waals surface area (Å²) in [6.07, 6.45) is 2.86. The summed E-state index contributed by atoms with van der Waals surface area (Å²) in [5.41, 5.74) is 0. The van der Waals surface area contributed by atoms with E-state index in [2.05, 4.69) is 17.2 Å². The quantitative estimate of drug-likeness (QED) is 0.758. The first kappa shape index (κ1) is 14.8. The van der Waals surface area contributed by atoms with Crippen LogP contribution in [-0.4, -0.2) is 25.2 Å². The lowest BCUT2D eigenvalue weighted by atomic mass is 10.2. The van der Waals surface area contributed by atoms with Crippen molar-refractivity contribution in [1.82, 2.24) is 10.3 Å². The lowest BCUT2D eigenvalue weighted by molar-refractivity contribution is 0.285. The summed E-state index contributed by atoms with van der Waals surface area (Å²) in [7, 11) is 1.65. The minimum atomic E-state index is 0.302. The van der Waals surface area contributed by atoms with Gasteiger partial charge in [-0.2, -0.15) is 0 Å². The van der Waals surface area contributed by atoms with Crippen LogP contribution in [0.3, 0.4) is 0 Å². The Morgan fingerprint density at radius 3 is 2.75 bits per heavy atom. The maximum absolute atomic E-state index is 5.74. The van der Waals surface area contributed by atoms with Gasteiger partial charge < -0.3 is 14.8 Å². The van der Waals surface area contributed by atoms with Crippen molar-refractivity contribution in [1.29, 1.82) is 0 Å². The monoisotopic (exact) mass is 292 g/mol. The SMILES string of the molecule is CCC(NCCOc1ccccc1OC)c1nccs1. The van der Waals surface area contributed by atoms with Gasteiger partial charge in [0.2, 0.25) is 0 Å². The van der Waals surface area contributed by atoms with Crippen molar-refractivity contribution in [2.75, 3.05) is 20.3 Å². The molecule has 0 saturated carbocycles. The van der Waals surface area contributed by atoms with E-state index in [-0.39, 0.29) is 0 Å². The lowest BCUT2D eigenvalue weighted by Crippen LogP contribution is -2.25. The molecule has 2 aromatic rings. The molecule has 5 heteroatoms. The van der Waals surface area contributed by atoms with Crippen molar-refractivity contribution in [2.45, 2.75) is 19.4 Å². The third kappa shape index (κ3) is 3.95. The van der Waals surface area contributed by atoms with Gasteiger partial charge in [0.15, 0.2) is 11.5 Å². The minimum absolute atomic E-state index is 0.302. The van der Waals surface area contributed by atoms with Crippen LogP contribution in [0.2, 0.25) is 0 Å². The lowest BCUT2D eigenvalue weighted by Gasteiger charge is -2.15. The van der Waals surface area contributed by atoms with Gasteiger partial charge in [-0.1, -0.05) is 19.1 Å². The van der Waals surface area contributed by atoms with Crippen LogP contribution in [0.1, 0.15) is 24.4 Å². The molecule has 1 atom stereocenters. The number of nitrogens with zero attached hydrogens (tertiary/aromatic N) is 1. The first-order chi connectivity index (χ1) is 9.85. The summed E-state index contributed by atoms with van der Waals surface area (Å²) < 4.78 is 11.0. The molecule has 1 unspecified atom stereocenters. The summed E-state index contributed by atoms with van der Waals surface area (Å²) in [5, 5.41) is 6.60. The zero-order valence-electron chi connectivity index (χ0n) is 11.8. The second kappa shape index (κ2) is 7.87. The summed E-state index contributed by atoms with van der Waals surface area (Å²) in [4.78, 5) is 4.35. The average molecular weight is 292 g/mol. The van der Waals surface area contributed by atoms with Crippen molar-refractivity contribution >= 4 is 11.3 Å². The first-order valence-electron chi connectivity index (χ1n) is 6.73. The molecule has 0 radical (unpaired) electrons. The Morgan fingerprint density at radius 1 is 1.30 bits per heavy atom. The van der Waals surface area contributed by atoms with E-state index in [1.165, 1.54) is 0 Å². The van der Waals surface area contributed by atoms with Gasteiger partial charge in [-0.25, -0.2) is 4.98 Å². The molecule has 2 rings (SSSR count). The molecule has 0 saturated heterocycles. The maximum atomic E-state index is 5.74. The molecule has 1 heterocycles. The molecular weight excluding hydrogens is 272 g/mol. The fourth-order valence-electron chi connectivity index (χ4n) is 1.95. The Morgan fingerprint density at radius 2 is 2.10 bits per heavy atom. The standard InChI is InChI=1S/C15H20N2O2S/c1-3-12(15-17-9-11-20-15)16-8-10-19-14-7-5-4-6-13(14)18-2/h4-7,9,11-12,16H,3,8,10H2,1-2H3. The Kier molecular flexibility index (Phi) is 5.83. The van der Waals surface area contributed by atoms with Gasteiger partial charge in [0.1, 0.15) is 11.6 Å². The zero-order valence-corrected chi connectivity index (χ0v) is 12.7. The highest BCUT2D eigenvalue weighted by Crippen LogP contribution is 2.25. The van der Waals surface area contributed by atoms with Crippen LogP contribution < -0.4 is 14.8 Å². The normalized spacial score (nSPS) is 12.1. The van der Waals surface area contributed by atoms with E-state index < -0.39 is 0 Å². The highest BCUT2D eigenvalue weighted by Gasteiger charge is 2.10. The van der Waals surface area contributed by atoms with Crippen molar-refractivity contribution in [2.24, 2.45) is 0 Å². The molecular formula is C15H20N2O2S. The van der Waals surface area contributed by atoms with Gasteiger partial charge in [0, 0.05) is 18.1 Å². The minimum Gasteiger partial charge on any atom is -0.493 e. The van der Waals surface area contributed by atoms with Crippen molar-refractivity contribution in [3.05, 3.63) is 40.8 Å². The van der Waals surface area contributed by atoms with E-state index in [0.29, 0.717) is 12.6 Å². The fraction of sp³-hybridized carbons (Fsp3) is 0.400. The Bertz CT molecular complexity index is 502. The number of methoxy groups -OCH3 is 1. The van der Waals surface area contributed by atoms with Crippen LogP contribution in [-0.2, 0) is 0 Å². The Balaban J connectivity index is 1.78. The van der Waals surface area contributed by atoms with Gasteiger partial charge in [-0.3, -0.25) is 0 Å². The second-order valence-corrected chi connectivity index (χ2v) is 5.21. The van der Waals surface area contributed by atoms with E-state index in [4.69, 9.17) is 9.47 Å². The molecule has 0 aliphatic heterocycles. The average Bonchev–Trinajstić information content (AvgIpc) is 3.02. The molecule has 0 aliphatic rings. The van der Waals surface area contributed by atoms with E-state index in [0.717, 1.165) is 29.5 Å². The maximum Gasteiger partial charge on any atom is 0.161 e. The number of thiazole rings is 1. The van der Waals surface area contributed by atoms with Gasteiger partial charge in [-0.05, 0) is 18.6 Å². The molecule has 1 aromatic carbocycles. The number of hydrogen-bond acceptors (Lipinski definition) is 5. The molecule has 0 bridgehead atoms. The predicted octanol–water partition coefficient (Wildman–Crippen LogP) is 3.27. The smallest absolute Gasteiger partial charge is 0.161 e. The third-order valence-electron chi connectivity index (χ3n) is 2.98. The molecule has 108 valence electrons. The van der Waals surface area contributed by atoms with Crippen molar-refractivity contribution in [3.63, 3.8) is 0 Å². The third-order valence-corrected chi connectivity index (χ3v) is 3.87. The second-order valence-electron chi connectivity index (χ2n) is 4.28. The summed E-state index contributed by atoms with van der Waals surface area (Å²) in [6, 6.07) is 7.98.